The molecular weight excluding hydrogens is 414 g/mol. The largest absolute Gasteiger partial charge is 0.392 e. The molecule has 0 aromatic rings. The molecule has 0 saturated carbocycles. The molecule has 178 valence electrons. The van der Waals surface area contributed by atoms with Gasteiger partial charge < -0.3 is 29.2 Å². The lowest BCUT2D eigenvalue weighted by Crippen LogP contribution is -2.47. The number of rotatable bonds is 14. The highest BCUT2D eigenvalue weighted by Crippen LogP contribution is 2.25. The molecule has 0 aromatic carbocycles. The summed E-state index contributed by atoms with van der Waals surface area (Å²) in [5.41, 5.74) is 14.0. The zero-order valence-electron chi connectivity index (χ0n) is 19.2. The van der Waals surface area contributed by atoms with Crippen LogP contribution in [0.15, 0.2) is 10.2 Å². The number of hydrogen-bond donors (Lipinski definition) is 2. The van der Waals surface area contributed by atoms with Crippen LogP contribution in [0.2, 0.25) is 0 Å². The number of ether oxygens (including phenoxy) is 4. The van der Waals surface area contributed by atoms with Crippen molar-refractivity contribution in [2.45, 2.75) is 83.0 Å². The Morgan fingerprint density at radius 3 is 1.81 bits per heavy atom. The number of nitrogens with zero attached hydrogens (tertiary/aromatic N) is 6. The van der Waals surface area contributed by atoms with Crippen LogP contribution in [-0.2, 0) is 18.9 Å². The maximum atomic E-state index is 13.5. The number of aliphatic hydroxyl groups excluding tert-OH is 2. The average Bonchev–Trinajstić information content (AvgIpc) is 2.68. The van der Waals surface area contributed by atoms with Gasteiger partial charge in [-0.3, -0.25) is 0 Å². The first kappa shape index (κ1) is 31.6. The molecule has 0 rings (SSSR count). The van der Waals surface area contributed by atoms with Crippen molar-refractivity contribution in [1.29, 1.82) is 0 Å². The van der Waals surface area contributed by atoms with Gasteiger partial charge in [-0.2, -0.15) is 0 Å². The molecule has 31 heavy (non-hydrogen) atoms. The molecule has 0 fully saturated rings. The van der Waals surface area contributed by atoms with Gasteiger partial charge in [-0.05, 0) is 45.2 Å². The summed E-state index contributed by atoms with van der Waals surface area (Å²) in [6, 6.07) is -0.911. The molecule has 0 amide bonds. The molecule has 0 aliphatic heterocycles. The molecule has 2 N–H and O–H groups in total. The van der Waals surface area contributed by atoms with E-state index in [2.05, 4.69) is 20.1 Å². The number of hydrogen-bond acceptors (Lipinski definition) is 8. The molecule has 7 atom stereocenters. The summed E-state index contributed by atoms with van der Waals surface area (Å²) in [6.07, 6.45) is -3.46. The molecule has 12 nitrogen and oxygen atoms in total. The summed E-state index contributed by atoms with van der Waals surface area (Å²) < 4.78 is 33.7. The number of methoxy groups -OCH3 is 2. The molecule has 14 heteroatoms. The van der Waals surface area contributed by atoms with Crippen LogP contribution in [0.25, 0.3) is 20.9 Å². The van der Waals surface area contributed by atoms with E-state index in [0.29, 0.717) is 6.42 Å². The Morgan fingerprint density at radius 2 is 1.48 bits per heavy atom. The number of alkyl halides is 1. The first-order valence-electron chi connectivity index (χ1n) is 9.62. The second kappa shape index (κ2) is 16.1. The number of halogens is 1. The lowest BCUT2D eigenvalue weighted by Gasteiger charge is -2.33. The molecule has 0 spiro atoms. The summed E-state index contributed by atoms with van der Waals surface area (Å²) in [5.74, 6) is 0. The van der Waals surface area contributed by atoms with Gasteiger partial charge in [-0.1, -0.05) is 17.2 Å². The van der Waals surface area contributed by atoms with E-state index in [9.17, 15) is 14.6 Å². The van der Waals surface area contributed by atoms with Gasteiger partial charge in [0.15, 0.2) is 5.72 Å². The monoisotopic (exact) mass is 448 g/mol. The van der Waals surface area contributed by atoms with Crippen LogP contribution in [0.3, 0.4) is 0 Å². The lowest BCUT2D eigenvalue weighted by molar-refractivity contribution is -0.172. The van der Waals surface area contributed by atoms with Gasteiger partial charge in [0.1, 0.15) is 14.0 Å². The minimum absolute atomic E-state index is 0.0913. The number of aliphatic hydroxyl groups is 2. The standard InChI is InChI=1S/C9H18FN3O3.C8H16BN3O3/c1-6(14)7(2)16-9(5-15-4,8(3)10)12-13-11;1-4-8(5-14-3,11-12-10)15-7(9)6(2)13/h6-8,14H,5H2,1-4H3;6-7,13H,4-5H2,1-3H3/t6-,7+,8+,9-;6-,7-,8+/m11/s1. The van der Waals surface area contributed by atoms with E-state index in [4.69, 9.17) is 37.9 Å². The van der Waals surface area contributed by atoms with E-state index >= 15 is 0 Å². The summed E-state index contributed by atoms with van der Waals surface area (Å²) >= 11 is 0. The van der Waals surface area contributed by atoms with E-state index in [0.717, 1.165) is 0 Å². The van der Waals surface area contributed by atoms with Crippen LogP contribution < -0.4 is 0 Å². The van der Waals surface area contributed by atoms with Gasteiger partial charge in [0.05, 0.1) is 31.5 Å². The Kier molecular flexibility index (Phi) is 16.4. The van der Waals surface area contributed by atoms with E-state index < -0.39 is 41.9 Å². The quantitative estimate of drug-likeness (QED) is 0.179. The minimum Gasteiger partial charge on any atom is -0.392 e. The van der Waals surface area contributed by atoms with Crippen molar-refractivity contribution in [2.24, 2.45) is 10.2 Å². The Labute approximate surface area is 183 Å². The summed E-state index contributed by atoms with van der Waals surface area (Å²) in [6.45, 7) is 7.42. The predicted octanol–water partition coefficient (Wildman–Crippen LogP) is 2.72. The second-order valence-corrected chi connectivity index (χ2v) is 6.89. The highest BCUT2D eigenvalue weighted by Gasteiger charge is 2.40. The molecular formula is C17H34BFN6O6. The van der Waals surface area contributed by atoms with Crippen LogP contribution in [0.1, 0.15) is 41.0 Å². The maximum absolute atomic E-state index is 13.5. The van der Waals surface area contributed by atoms with Crippen molar-refractivity contribution >= 4 is 7.85 Å². The van der Waals surface area contributed by atoms with Crippen LogP contribution in [-0.4, -0.2) is 87.4 Å². The van der Waals surface area contributed by atoms with Gasteiger partial charge in [-0.25, -0.2) is 4.39 Å². The third-order valence-electron chi connectivity index (χ3n) is 4.24. The molecule has 0 bridgehead atoms. The first-order chi connectivity index (χ1) is 14.4. The van der Waals surface area contributed by atoms with Crippen LogP contribution in [0, 0.1) is 0 Å². The van der Waals surface area contributed by atoms with Crippen LogP contribution >= 0.6 is 0 Å². The highest BCUT2D eigenvalue weighted by atomic mass is 19.1. The Bertz CT molecular complexity index is 591. The van der Waals surface area contributed by atoms with Gasteiger partial charge >= 0.3 is 0 Å². The summed E-state index contributed by atoms with van der Waals surface area (Å²) in [5, 5.41) is 25.3. The summed E-state index contributed by atoms with van der Waals surface area (Å²) in [7, 11) is 8.34. The van der Waals surface area contributed by atoms with Crippen molar-refractivity contribution in [3.63, 3.8) is 0 Å². The SMILES string of the molecule is COC[C@@](N=[N+]=[N-])(O[C@@H](C)[C@@H](C)O)[C@H](C)F.[B][C@H](O[C@@](CC)(COC)N=[N+]=[N-])[C@@H](C)O. The van der Waals surface area contributed by atoms with Crippen molar-refractivity contribution in [3.8, 4) is 0 Å². The second-order valence-electron chi connectivity index (χ2n) is 6.89. The van der Waals surface area contributed by atoms with Crippen molar-refractivity contribution in [1.82, 2.24) is 0 Å². The van der Waals surface area contributed by atoms with Crippen LogP contribution in [0.5, 0.6) is 0 Å². The normalized spacial score (nSPS) is 19.5. The lowest BCUT2D eigenvalue weighted by atomic mass is 9.94. The molecule has 0 aliphatic rings. The van der Waals surface area contributed by atoms with E-state index in [1.54, 1.807) is 13.8 Å². The predicted molar refractivity (Wildman–Crippen MR) is 113 cm³/mol. The average molecular weight is 448 g/mol. The van der Waals surface area contributed by atoms with E-state index in [1.165, 1.54) is 35.0 Å². The van der Waals surface area contributed by atoms with Crippen molar-refractivity contribution < 1.29 is 33.6 Å². The third kappa shape index (κ3) is 11.5. The van der Waals surface area contributed by atoms with Gasteiger partial charge in [-0.15, -0.1) is 0 Å². The fraction of sp³-hybridized carbons (Fsp3) is 1.00. The van der Waals surface area contributed by atoms with Crippen LogP contribution in [0.4, 0.5) is 4.39 Å². The van der Waals surface area contributed by atoms with Gasteiger partial charge in [0.25, 0.3) is 0 Å². The van der Waals surface area contributed by atoms with E-state index in [1.807, 2.05) is 0 Å². The molecule has 0 saturated heterocycles. The molecule has 0 aromatic heterocycles. The number of azide groups is 2. The zero-order chi connectivity index (χ0) is 24.7. The fourth-order valence-electron chi connectivity index (χ4n) is 2.08. The van der Waals surface area contributed by atoms with E-state index in [-0.39, 0.29) is 13.2 Å². The zero-order valence-corrected chi connectivity index (χ0v) is 19.2. The molecule has 0 heterocycles. The Balaban J connectivity index is 0. The first-order valence-corrected chi connectivity index (χ1v) is 9.62. The topological polar surface area (TPSA) is 175 Å². The highest BCUT2D eigenvalue weighted by molar-refractivity contribution is 6.11. The molecule has 2 radical (unpaired) electrons. The van der Waals surface area contributed by atoms with Gasteiger partial charge in [0, 0.05) is 30.0 Å². The van der Waals surface area contributed by atoms with Gasteiger partial charge in [0.2, 0.25) is 5.72 Å². The fourth-order valence-corrected chi connectivity index (χ4v) is 2.08. The Hall–Kier alpha value is -1.63. The Morgan fingerprint density at radius 1 is 0.968 bits per heavy atom. The maximum Gasteiger partial charge on any atom is 0.201 e. The van der Waals surface area contributed by atoms with Crippen molar-refractivity contribution in [2.75, 3.05) is 27.4 Å². The molecule has 0 unspecified atom stereocenters. The minimum atomic E-state index is -1.74. The smallest absolute Gasteiger partial charge is 0.201 e. The summed E-state index contributed by atoms with van der Waals surface area (Å²) in [4.78, 5) is 5.25. The molecule has 0 aliphatic carbocycles. The van der Waals surface area contributed by atoms with Crippen molar-refractivity contribution in [3.05, 3.63) is 20.9 Å². The third-order valence-corrected chi connectivity index (χ3v) is 4.24.